The zero-order chi connectivity index (χ0) is 25.4. The highest BCUT2D eigenvalue weighted by Crippen LogP contribution is 2.32. The fourth-order valence-corrected chi connectivity index (χ4v) is 4.82. The smallest absolute Gasteiger partial charge is 0.189 e. The average Bonchev–Trinajstić information content (AvgIpc) is 2.86. The number of ether oxygens (including phenoxy) is 5. The summed E-state index contributed by atoms with van der Waals surface area (Å²) < 4.78 is 28.1. The van der Waals surface area contributed by atoms with Gasteiger partial charge in [-0.3, -0.25) is 0 Å². The lowest BCUT2D eigenvalue weighted by Gasteiger charge is -2.48. The molecule has 11 nitrogen and oxygen atoms in total. The van der Waals surface area contributed by atoms with Crippen molar-refractivity contribution in [2.24, 2.45) is 0 Å². The highest BCUT2D eigenvalue weighted by Gasteiger charge is 2.52. The second-order valence-electron chi connectivity index (χ2n) is 9.84. The number of fused-ring (bicyclic) bond motifs is 1. The molecule has 6 N–H and O–H groups in total. The predicted octanol–water partition coefficient (Wildman–Crippen LogP) is -0.0880. The van der Waals surface area contributed by atoms with Crippen LogP contribution < -0.4 is 0 Å². The molecule has 0 aliphatic carbocycles. The Balaban J connectivity index is 1.41. The average molecular weight is 509 g/mol. The molecule has 11 unspecified atom stereocenters. The van der Waals surface area contributed by atoms with Crippen LogP contribution in [0.15, 0.2) is 0 Å². The van der Waals surface area contributed by atoms with Crippen LogP contribution in [-0.2, 0) is 23.7 Å². The molecule has 0 spiro atoms. The summed E-state index contributed by atoms with van der Waals surface area (Å²) in [5, 5.41) is 60.5. The molecule has 3 heterocycles. The van der Waals surface area contributed by atoms with Crippen LogP contribution in [0.5, 0.6) is 0 Å². The van der Waals surface area contributed by atoms with Gasteiger partial charge in [0.05, 0.1) is 13.2 Å². The summed E-state index contributed by atoms with van der Waals surface area (Å²) in [6.45, 7) is 1.73. The van der Waals surface area contributed by atoms with Crippen molar-refractivity contribution in [3.63, 3.8) is 0 Å². The van der Waals surface area contributed by atoms with Crippen LogP contribution in [0.3, 0.4) is 0 Å². The molecular formula is C24H44O11. The first kappa shape index (κ1) is 29.1. The normalized spacial score (nSPS) is 42.1. The Hall–Kier alpha value is -0.440. The molecule has 3 fully saturated rings. The predicted molar refractivity (Wildman–Crippen MR) is 122 cm³/mol. The molecule has 0 aromatic carbocycles. The second-order valence-corrected chi connectivity index (χ2v) is 9.84. The fraction of sp³-hybridized carbons (Fsp3) is 1.00. The lowest BCUT2D eigenvalue weighted by Crippen LogP contribution is -2.65. The minimum atomic E-state index is -1.65. The molecule has 3 aliphatic rings. The van der Waals surface area contributed by atoms with Crippen LogP contribution >= 0.6 is 0 Å². The van der Waals surface area contributed by atoms with Crippen LogP contribution in [0.25, 0.3) is 0 Å². The van der Waals surface area contributed by atoms with Gasteiger partial charge >= 0.3 is 0 Å². The molecule has 3 saturated heterocycles. The van der Waals surface area contributed by atoms with Crippen LogP contribution in [-0.4, -0.2) is 112 Å². The van der Waals surface area contributed by atoms with E-state index in [0.29, 0.717) is 6.42 Å². The van der Waals surface area contributed by atoms with Gasteiger partial charge in [-0.1, -0.05) is 58.3 Å². The maximum Gasteiger partial charge on any atom is 0.189 e. The first-order valence-corrected chi connectivity index (χ1v) is 13.1. The summed E-state index contributed by atoms with van der Waals surface area (Å²) in [5.41, 5.74) is 0. The largest absolute Gasteiger partial charge is 0.394 e. The molecular weight excluding hydrogens is 464 g/mol. The molecule has 206 valence electrons. The number of unbranched alkanes of at least 4 members (excludes halogenated alkanes) is 8. The van der Waals surface area contributed by atoms with E-state index in [1.165, 1.54) is 44.9 Å². The van der Waals surface area contributed by atoms with Gasteiger partial charge in [-0.15, -0.1) is 0 Å². The fourth-order valence-electron chi connectivity index (χ4n) is 4.82. The molecule has 11 atom stereocenters. The summed E-state index contributed by atoms with van der Waals surface area (Å²) >= 11 is 0. The maximum absolute atomic E-state index is 10.7. The Morgan fingerprint density at radius 3 is 1.94 bits per heavy atom. The van der Waals surface area contributed by atoms with E-state index in [0.717, 1.165) is 12.8 Å². The topological polar surface area (TPSA) is 168 Å². The minimum Gasteiger partial charge on any atom is -0.394 e. The van der Waals surface area contributed by atoms with Crippen molar-refractivity contribution in [1.29, 1.82) is 0 Å². The summed E-state index contributed by atoms with van der Waals surface area (Å²) in [5.74, 6) is 0. The lowest BCUT2D eigenvalue weighted by atomic mass is 9.97. The third-order valence-corrected chi connectivity index (χ3v) is 7.06. The van der Waals surface area contributed by atoms with Gasteiger partial charge in [0.15, 0.2) is 18.9 Å². The Morgan fingerprint density at radius 2 is 1.29 bits per heavy atom. The molecule has 35 heavy (non-hydrogen) atoms. The van der Waals surface area contributed by atoms with Crippen molar-refractivity contribution in [2.45, 2.75) is 139 Å². The summed E-state index contributed by atoms with van der Waals surface area (Å²) in [7, 11) is 0. The van der Waals surface area contributed by atoms with Crippen molar-refractivity contribution < 1.29 is 54.3 Å². The minimum absolute atomic E-state index is 0.130. The highest BCUT2D eigenvalue weighted by atomic mass is 16.8. The Kier molecular flexibility index (Phi) is 12.1. The number of hydrogen-bond acceptors (Lipinski definition) is 11. The molecule has 3 rings (SSSR count). The van der Waals surface area contributed by atoms with Crippen LogP contribution in [0, 0.1) is 0 Å². The SMILES string of the molecule is CCCCCCCCCCCC1OCC2OC(OC3OC(CO)C(O)C(O)C3O)C(O)C(O)C2O1. The standard InChI is InChI=1S/C24H44O11/c1-2-3-4-5-6-7-8-9-10-11-16-31-13-15-22(34-16)19(28)21(30)24(33-15)35-23-20(29)18(27)17(26)14(12-25)32-23/h14-30H,2-13H2,1H3. The third-order valence-electron chi connectivity index (χ3n) is 7.06. The molecule has 0 radical (unpaired) electrons. The number of hydrogen-bond donors (Lipinski definition) is 6. The van der Waals surface area contributed by atoms with Crippen LogP contribution in [0.1, 0.15) is 71.1 Å². The van der Waals surface area contributed by atoms with E-state index in [4.69, 9.17) is 23.7 Å². The van der Waals surface area contributed by atoms with Gasteiger partial charge in [-0.05, 0) is 12.8 Å². The molecule has 0 saturated carbocycles. The lowest BCUT2D eigenvalue weighted by molar-refractivity contribution is -0.398. The van der Waals surface area contributed by atoms with E-state index in [9.17, 15) is 30.6 Å². The number of aliphatic hydroxyl groups is 6. The third kappa shape index (κ3) is 7.78. The Morgan fingerprint density at radius 1 is 0.686 bits per heavy atom. The molecule has 0 amide bonds. The molecule has 0 bridgehead atoms. The van der Waals surface area contributed by atoms with E-state index in [-0.39, 0.29) is 6.61 Å². The van der Waals surface area contributed by atoms with Gasteiger partial charge in [0.25, 0.3) is 0 Å². The highest BCUT2D eigenvalue weighted by molar-refractivity contribution is 4.94. The van der Waals surface area contributed by atoms with E-state index in [1.807, 2.05) is 0 Å². The molecule has 3 aliphatic heterocycles. The van der Waals surface area contributed by atoms with Gasteiger partial charge in [0.1, 0.15) is 48.8 Å². The van der Waals surface area contributed by atoms with E-state index in [2.05, 4.69) is 6.92 Å². The first-order valence-electron chi connectivity index (χ1n) is 13.1. The van der Waals surface area contributed by atoms with E-state index < -0.39 is 74.3 Å². The van der Waals surface area contributed by atoms with Crippen LogP contribution in [0.2, 0.25) is 0 Å². The maximum atomic E-state index is 10.7. The summed E-state index contributed by atoms with van der Waals surface area (Å²) in [6, 6.07) is 0. The quantitative estimate of drug-likeness (QED) is 0.184. The zero-order valence-electron chi connectivity index (χ0n) is 20.6. The van der Waals surface area contributed by atoms with E-state index in [1.54, 1.807) is 0 Å². The van der Waals surface area contributed by atoms with Gasteiger partial charge in [0, 0.05) is 0 Å². The number of rotatable bonds is 13. The zero-order valence-corrected chi connectivity index (χ0v) is 20.6. The Labute approximate surface area is 206 Å². The van der Waals surface area contributed by atoms with Crippen LogP contribution in [0.4, 0.5) is 0 Å². The first-order chi connectivity index (χ1) is 16.9. The Bertz CT molecular complexity index is 592. The van der Waals surface area contributed by atoms with Crippen molar-refractivity contribution in [2.75, 3.05) is 13.2 Å². The van der Waals surface area contributed by atoms with Crippen molar-refractivity contribution in [3.05, 3.63) is 0 Å². The molecule has 11 heteroatoms. The van der Waals surface area contributed by atoms with Gasteiger partial charge in [-0.25, -0.2) is 0 Å². The van der Waals surface area contributed by atoms with Crippen molar-refractivity contribution in [3.8, 4) is 0 Å². The summed E-state index contributed by atoms with van der Waals surface area (Å²) in [6.07, 6.45) is -2.20. The van der Waals surface area contributed by atoms with Gasteiger partial charge in [-0.2, -0.15) is 0 Å². The number of aliphatic hydroxyl groups excluding tert-OH is 6. The monoisotopic (exact) mass is 508 g/mol. The van der Waals surface area contributed by atoms with E-state index >= 15 is 0 Å². The van der Waals surface area contributed by atoms with Gasteiger partial charge in [0.2, 0.25) is 0 Å². The van der Waals surface area contributed by atoms with Crippen molar-refractivity contribution in [1.82, 2.24) is 0 Å². The van der Waals surface area contributed by atoms with Gasteiger partial charge < -0.3 is 54.3 Å². The summed E-state index contributed by atoms with van der Waals surface area (Å²) in [4.78, 5) is 0. The molecule has 0 aromatic rings. The second kappa shape index (κ2) is 14.5. The molecule has 0 aromatic heterocycles. The van der Waals surface area contributed by atoms with Crippen molar-refractivity contribution >= 4 is 0 Å².